The van der Waals surface area contributed by atoms with Crippen LogP contribution in [0.4, 0.5) is 0 Å². The molecule has 1 nitrogen and oxygen atoms in total. The SMILES string of the molecule is C=C/C=C(Cl)\C=C/C(C)OC. The molecular formula is C9H13ClO. The summed E-state index contributed by atoms with van der Waals surface area (Å²) in [5, 5.41) is 0.656. The number of ether oxygens (including phenoxy) is 1. The first-order valence-electron chi connectivity index (χ1n) is 3.40. The van der Waals surface area contributed by atoms with Crippen LogP contribution in [0.2, 0.25) is 0 Å². The Morgan fingerprint density at radius 3 is 2.73 bits per heavy atom. The van der Waals surface area contributed by atoms with Crippen molar-refractivity contribution in [2.24, 2.45) is 0 Å². The van der Waals surface area contributed by atoms with Gasteiger partial charge in [-0.2, -0.15) is 0 Å². The van der Waals surface area contributed by atoms with Crippen LogP contribution in [0, 0.1) is 0 Å². The van der Waals surface area contributed by atoms with E-state index in [2.05, 4.69) is 6.58 Å². The minimum Gasteiger partial charge on any atom is -0.378 e. The molecule has 0 aromatic carbocycles. The summed E-state index contributed by atoms with van der Waals surface area (Å²) in [5.41, 5.74) is 0. The van der Waals surface area contributed by atoms with E-state index in [0.29, 0.717) is 5.03 Å². The van der Waals surface area contributed by atoms with Crippen LogP contribution in [-0.4, -0.2) is 13.2 Å². The average Bonchev–Trinajstić information content (AvgIpc) is 2.01. The Morgan fingerprint density at radius 2 is 2.27 bits per heavy atom. The third kappa shape index (κ3) is 5.89. The summed E-state index contributed by atoms with van der Waals surface area (Å²) in [5.74, 6) is 0. The summed E-state index contributed by atoms with van der Waals surface area (Å²) < 4.78 is 4.98. The van der Waals surface area contributed by atoms with Crippen LogP contribution in [0.25, 0.3) is 0 Å². The van der Waals surface area contributed by atoms with Crippen molar-refractivity contribution in [3.63, 3.8) is 0 Å². The quantitative estimate of drug-likeness (QED) is 0.593. The number of allylic oxidation sites excluding steroid dienone is 4. The van der Waals surface area contributed by atoms with E-state index in [9.17, 15) is 0 Å². The fourth-order valence-corrected chi connectivity index (χ4v) is 0.636. The number of halogens is 1. The zero-order chi connectivity index (χ0) is 8.69. The molecule has 2 heteroatoms. The lowest BCUT2D eigenvalue weighted by Crippen LogP contribution is -1.98. The van der Waals surface area contributed by atoms with Gasteiger partial charge in [-0.25, -0.2) is 0 Å². The van der Waals surface area contributed by atoms with Crippen molar-refractivity contribution in [1.82, 2.24) is 0 Å². The fourth-order valence-electron chi connectivity index (χ4n) is 0.474. The first-order valence-corrected chi connectivity index (χ1v) is 3.77. The van der Waals surface area contributed by atoms with Crippen molar-refractivity contribution in [3.8, 4) is 0 Å². The number of hydrogen-bond acceptors (Lipinski definition) is 1. The molecule has 0 fully saturated rings. The number of methoxy groups -OCH3 is 1. The van der Waals surface area contributed by atoms with Crippen LogP contribution in [-0.2, 0) is 4.74 Å². The Balaban J connectivity index is 3.91. The molecule has 0 rings (SSSR count). The van der Waals surface area contributed by atoms with Crippen molar-refractivity contribution in [2.75, 3.05) is 7.11 Å². The average molecular weight is 173 g/mol. The highest BCUT2D eigenvalue weighted by molar-refractivity contribution is 6.31. The standard InChI is InChI=1S/C9H13ClO/c1-4-5-9(10)7-6-8(2)11-3/h4-8H,1H2,2-3H3/b7-6-,9-5+. The maximum atomic E-state index is 5.73. The van der Waals surface area contributed by atoms with Gasteiger partial charge in [0.05, 0.1) is 6.10 Å². The molecule has 0 bridgehead atoms. The lowest BCUT2D eigenvalue weighted by molar-refractivity contribution is 0.156. The monoisotopic (exact) mass is 172 g/mol. The zero-order valence-electron chi connectivity index (χ0n) is 6.88. The predicted molar refractivity (Wildman–Crippen MR) is 49.7 cm³/mol. The van der Waals surface area contributed by atoms with E-state index >= 15 is 0 Å². The molecular weight excluding hydrogens is 160 g/mol. The van der Waals surface area contributed by atoms with Gasteiger partial charge in [0, 0.05) is 12.1 Å². The van der Waals surface area contributed by atoms with E-state index in [1.165, 1.54) is 0 Å². The van der Waals surface area contributed by atoms with Gasteiger partial charge >= 0.3 is 0 Å². The minimum absolute atomic E-state index is 0.0990. The third-order valence-electron chi connectivity index (χ3n) is 1.18. The van der Waals surface area contributed by atoms with Gasteiger partial charge in [0.15, 0.2) is 0 Å². The first-order chi connectivity index (χ1) is 5.20. The summed E-state index contributed by atoms with van der Waals surface area (Å²) in [4.78, 5) is 0. The van der Waals surface area contributed by atoms with Crippen molar-refractivity contribution in [2.45, 2.75) is 13.0 Å². The summed E-state index contributed by atoms with van der Waals surface area (Å²) in [7, 11) is 1.65. The molecule has 1 unspecified atom stereocenters. The Hall–Kier alpha value is -0.530. The molecule has 0 aromatic rings. The molecule has 0 saturated heterocycles. The van der Waals surface area contributed by atoms with E-state index in [-0.39, 0.29) is 6.10 Å². The predicted octanol–water partition coefficient (Wildman–Crippen LogP) is 2.89. The van der Waals surface area contributed by atoms with Crippen LogP contribution in [0.3, 0.4) is 0 Å². The maximum absolute atomic E-state index is 5.73. The molecule has 0 aliphatic rings. The molecule has 0 spiro atoms. The number of rotatable bonds is 4. The Morgan fingerprint density at radius 1 is 1.64 bits per heavy atom. The summed E-state index contributed by atoms with van der Waals surface area (Å²) in [6.45, 7) is 5.46. The Labute approximate surface area is 73.0 Å². The van der Waals surface area contributed by atoms with Crippen LogP contribution >= 0.6 is 11.6 Å². The largest absolute Gasteiger partial charge is 0.378 e. The van der Waals surface area contributed by atoms with E-state index in [1.807, 2.05) is 13.0 Å². The lowest BCUT2D eigenvalue weighted by Gasteiger charge is -2.00. The van der Waals surface area contributed by atoms with Crippen LogP contribution in [0.5, 0.6) is 0 Å². The Bertz CT molecular complexity index is 170. The highest BCUT2D eigenvalue weighted by Gasteiger charge is 1.89. The molecule has 0 aliphatic carbocycles. The van der Waals surface area contributed by atoms with Gasteiger partial charge in [-0.3, -0.25) is 0 Å². The van der Waals surface area contributed by atoms with Crippen molar-refractivity contribution < 1.29 is 4.74 Å². The van der Waals surface area contributed by atoms with Crippen LogP contribution in [0.1, 0.15) is 6.92 Å². The molecule has 1 atom stereocenters. The second kappa shape index (κ2) is 6.20. The van der Waals surface area contributed by atoms with E-state index in [0.717, 1.165) is 0 Å². The molecule has 0 saturated carbocycles. The molecule has 0 amide bonds. The normalized spacial score (nSPS) is 15.4. The molecule has 0 heterocycles. The molecule has 11 heavy (non-hydrogen) atoms. The van der Waals surface area contributed by atoms with Gasteiger partial charge in [-0.15, -0.1) is 0 Å². The minimum atomic E-state index is 0.0990. The van der Waals surface area contributed by atoms with Crippen molar-refractivity contribution in [1.29, 1.82) is 0 Å². The molecule has 0 N–H and O–H groups in total. The van der Waals surface area contributed by atoms with Gasteiger partial charge in [-0.05, 0) is 19.1 Å². The molecule has 0 aromatic heterocycles. The van der Waals surface area contributed by atoms with Gasteiger partial charge in [0.1, 0.15) is 0 Å². The van der Waals surface area contributed by atoms with Gasteiger partial charge in [0.2, 0.25) is 0 Å². The van der Waals surface area contributed by atoms with E-state index in [1.54, 1.807) is 25.3 Å². The van der Waals surface area contributed by atoms with Gasteiger partial charge in [-0.1, -0.05) is 30.3 Å². The maximum Gasteiger partial charge on any atom is 0.0727 e. The number of hydrogen-bond donors (Lipinski definition) is 0. The van der Waals surface area contributed by atoms with Crippen LogP contribution in [0.15, 0.2) is 35.9 Å². The third-order valence-corrected chi connectivity index (χ3v) is 1.43. The smallest absolute Gasteiger partial charge is 0.0727 e. The lowest BCUT2D eigenvalue weighted by atomic mass is 10.3. The fraction of sp³-hybridized carbons (Fsp3) is 0.333. The van der Waals surface area contributed by atoms with E-state index < -0.39 is 0 Å². The van der Waals surface area contributed by atoms with E-state index in [4.69, 9.17) is 16.3 Å². The molecule has 0 aliphatic heterocycles. The summed E-state index contributed by atoms with van der Waals surface area (Å²) >= 11 is 5.73. The second-order valence-electron chi connectivity index (χ2n) is 2.09. The Kier molecular flexibility index (Phi) is 5.90. The van der Waals surface area contributed by atoms with Crippen LogP contribution < -0.4 is 0 Å². The molecule has 62 valence electrons. The summed E-state index contributed by atoms with van der Waals surface area (Å²) in [6, 6.07) is 0. The van der Waals surface area contributed by atoms with Crippen molar-refractivity contribution in [3.05, 3.63) is 35.9 Å². The van der Waals surface area contributed by atoms with Gasteiger partial charge in [0.25, 0.3) is 0 Å². The summed E-state index contributed by atoms with van der Waals surface area (Å²) in [6.07, 6.45) is 7.13. The first kappa shape index (κ1) is 10.5. The highest BCUT2D eigenvalue weighted by Crippen LogP contribution is 2.04. The highest BCUT2D eigenvalue weighted by atomic mass is 35.5. The van der Waals surface area contributed by atoms with Gasteiger partial charge < -0.3 is 4.74 Å². The second-order valence-corrected chi connectivity index (χ2v) is 2.52. The van der Waals surface area contributed by atoms with Crippen molar-refractivity contribution >= 4 is 11.6 Å². The zero-order valence-corrected chi connectivity index (χ0v) is 7.64. The molecule has 0 radical (unpaired) electrons. The topological polar surface area (TPSA) is 9.23 Å².